The predicted octanol–water partition coefficient (Wildman–Crippen LogP) is 3.41. The molecule has 2 aromatic rings. The highest BCUT2D eigenvalue weighted by atomic mass is 16.7. The van der Waals surface area contributed by atoms with Crippen LogP contribution in [0.1, 0.15) is 18.1 Å². The first kappa shape index (κ1) is 20.3. The lowest BCUT2D eigenvalue weighted by Gasteiger charge is -1.98. The molecule has 2 heterocycles. The smallest absolute Gasteiger partial charge is 0.302 e. The van der Waals surface area contributed by atoms with Crippen molar-refractivity contribution in [3.8, 4) is 23.0 Å². The Morgan fingerprint density at radius 1 is 0.897 bits per heavy atom. The van der Waals surface area contributed by atoms with E-state index in [2.05, 4.69) is 0 Å². The maximum absolute atomic E-state index is 10.5. The van der Waals surface area contributed by atoms with Crippen molar-refractivity contribution in [2.75, 3.05) is 26.8 Å². The van der Waals surface area contributed by atoms with Crippen LogP contribution >= 0.6 is 0 Å². The van der Waals surface area contributed by atoms with E-state index in [1.807, 2.05) is 48.6 Å². The van der Waals surface area contributed by atoms with Gasteiger partial charge in [-0.3, -0.25) is 4.79 Å². The number of ether oxygens (including phenoxy) is 5. The number of carbonyl (C=O) groups excluding carboxylic acids is 1. The Morgan fingerprint density at radius 3 is 1.93 bits per heavy atom. The first-order chi connectivity index (χ1) is 14.2. The molecule has 1 N–H and O–H groups in total. The van der Waals surface area contributed by atoms with Crippen LogP contribution < -0.4 is 18.9 Å². The van der Waals surface area contributed by atoms with Gasteiger partial charge in [-0.05, 0) is 41.5 Å². The summed E-state index contributed by atoms with van der Waals surface area (Å²) in [5.41, 5.74) is 1.98. The minimum absolute atomic E-state index is 0.0500. The van der Waals surface area contributed by atoms with E-state index in [-0.39, 0.29) is 26.0 Å². The summed E-state index contributed by atoms with van der Waals surface area (Å²) in [6, 6.07) is 11.3. The molecule has 0 unspecified atom stereocenters. The summed E-state index contributed by atoms with van der Waals surface area (Å²) >= 11 is 0. The standard InChI is InChI=1S/C12H12O4.C10H10O3/c1-9(13)14-6-2-3-10-4-5-11-12(7-10)16-8-15-11;11-5-1-2-8-3-4-9-10(6-8)13-7-12-9/h2-5,7H,6,8H2,1H3;1-4,6,11H,5,7H2/b3-2+;2-1+. The van der Waals surface area contributed by atoms with Crippen molar-refractivity contribution in [3.63, 3.8) is 0 Å². The molecule has 0 spiro atoms. The minimum atomic E-state index is -0.282. The number of rotatable bonds is 5. The van der Waals surface area contributed by atoms with Crippen LogP contribution in [0.5, 0.6) is 23.0 Å². The number of hydrogen-bond donors (Lipinski definition) is 1. The zero-order chi connectivity index (χ0) is 20.5. The quantitative estimate of drug-likeness (QED) is 0.773. The van der Waals surface area contributed by atoms with Crippen LogP contribution in [-0.2, 0) is 9.53 Å². The second kappa shape index (κ2) is 10.2. The maximum atomic E-state index is 10.5. The van der Waals surface area contributed by atoms with Crippen molar-refractivity contribution in [2.24, 2.45) is 0 Å². The lowest BCUT2D eigenvalue weighted by molar-refractivity contribution is -0.139. The fourth-order valence-electron chi connectivity index (χ4n) is 2.57. The van der Waals surface area contributed by atoms with Crippen molar-refractivity contribution in [1.29, 1.82) is 0 Å². The van der Waals surface area contributed by atoms with E-state index < -0.39 is 0 Å². The van der Waals surface area contributed by atoms with Gasteiger partial charge in [-0.2, -0.15) is 0 Å². The van der Waals surface area contributed by atoms with E-state index in [0.29, 0.717) is 6.79 Å². The average molecular weight is 398 g/mol. The number of carbonyl (C=O) groups is 1. The monoisotopic (exact) mass is 398 g/mol. The summed E-state index contributed by atoms with van der Waals surface area (Å²) in [6.07, 6.45) is 7.16. The van der Waals surface area contributed by atoms with Gasteiger partial charge in [0.1, 0.15) is 6.61 Å². The molecule has 0 atom stereocenters. The third kappa shape index (κ3) is 6.02. The Balaban J connectivity index is 0.000000169. The zero-order valence-electron chi connectivity index (χ0n) is 16.0. The lowest BCUT2D eigenvalue weighted by Crippen LogP contribution is -1.97. The molecule has 0 saturated heterocycles. The summed E-state index contributed by atoms with van der Waals surface area (Å²) in [4.78, 5) is 10.5. The van der Waals surface area contributed by atoms with E-state index >= 15 is 0 Å². The van der Waals surface area contributed by atoms with Crippen LogP contribution in [0, 0.1) is 0 Å². The van der Waals surface area contributed by atoms with Gasteiger partial charge in [-0.15, -0.1) is 0 Å². The molecular formula is C22H22O7. The Kier molecular flexibility index (Phi) is 7.13. The van der Waals surface area contributed by atoms with Gasteiger partial charge in [0.05, 0.1) is 6.61 Å². The SMILES string of the molecule is CC(=O)OC/C=C/c1ccc2c(c1)OCO2.OC/C=C/c1ccc2c(c1)OCO2. The highest BCUT2D eigenvalue weighted by molar-refractivity contribution is 5.66. The first-order valence-corrected chi connectivity index (χ1v) is 9.02. The molecule has 7 heteroatoms. The van der Waals surface area contributed by atoms with Crippen LogP contribution in [0.25, 0.3) is 12.2 Å². The fraction of sp³-hybridized carbons (Fsp3) is 0.227. The van der Waals surface area contributed by atoms with Gasteiger partial charge in [0.15, 0.2) is 23.0 Å². The largest absolute Gasteiger partial charge is 0.462 e. The number of fused-ring (bicyclic) bond motifs is 2. The van der Waals surface area contributed by atoms with Crippen LogP contribution in [0.15, 0.2) is 48.6 Å². The molecule has 0 amide bonds. The molecule has 0 aromatic heterocycles. The number of esters is 1. The van der Waals surface area contributed by atoms with E-state index in [1.54, 1.807) is 12.2 Å². The second-order valence-corrected chi connectivity index (χ2v) is 6.02. The molecular weight excluding hydrogens is 376 g/mol. The fourth-order valence-corrected chi connectivity index (χ4v) is 2.57. The van der Waals surface area contributed by atoms with Gasteiger partial charge < -0.3 is 28.8 Å². The Labute approximate surface area is 168 Å². The van der Waals surface area contributed by atoms with Gasteiger partial charge >= 0.3 is 5.97 Å². The third-order valence-corrected chi connectivity index (χ3v) is 3.90. The number of aliphatic hydroxyl groups excluding tert-OH is 1. The molecule has 2 aromatic carbocycles. The van der Waals surface area contributed by atoms with Crippen molar-refractivity contribution in [1.82, 2.24) is 0 Å². The van der Waals surface area contributed by atoms with Gasteiger partial charge in [-0.25, -0.2) is 0 Å². The van der Waals surface area contributed by atoms with E-state index in [0.717, 1.165) is 34.1 Å². The molecule has 7 nitrogen and oxygen atoms in total. The number of aliphatic hydroxyl groups is 1. The Morgan fingerprint density at radius 2 is 1.41 bits per heavy atom. The molecule has 152 valence electrons. The van der Waals surface area contributed by atoms with E-state index in [9.17, 15) is 4.79 Å². The van der Waals surface area contributed by atoms with Crippen molar-refractivity contribution in [2.45, 2.75) is 6.92 Å². The van der Waals surface area contributed by atoms with Crippen LogP contribution in [-0.4, -0.2) is 37.9 Å². The summed E-state index contributed by atoms with van der Waals surface area (Å²) in [7, 11) is 0. The van der Waals surface area contributed by atoms with Crippen LogP contribution in [0.4, 0.5) is 0 Å². The third-order valence-electron chi connectivity index (χ3n) is 3.90. The summed E-state index contributed by atoms with van der Waals surface area (Å²) in [5.74, 6) is 2.77. The molecule has 0 bridgehead atoms. The maximum Gasteiger partial charge on any atom is 0.302 e. The van der Waals surface area contributed by atoms with Gasteiger partial charge in [0.25, 0.3) is 0 Å². The lowest BCUT2D eigenvalue weighted by atomic mass is 10.2. The molecule has 2 aliphatic heterocycles. The van der Waals surface area contributed by atoms with E-state index in [1.165, 1.54) is 6.92 Å². The highest BCUT2D eigenvalue weighted by Gasteiger charge is 2.12. The van der Waals surface area contributed by atoms with Gasteiger partial charge in [-0.1, -0.05) is 30.4 Å². The average Bonchev–Trinajstić information content (AvgIpc) is 3.38. The summed E-state index contributed by atoms with van der Waals surface area (Å²) in [6.45, 7) is 2.28. The van der Waals surface area contributed by atoms with Crippen molar-refractivity contribution >= 4 is 18.1 Å². The van der Waals surface area contributed by atoms with Crippen LogP contribution in [0.3, 0.4) is 0 Å². The van der Waals surface area contributed by atoms with Crippen molar-refractivity contribution in [3.05, 3.63) is 59.7 Å². The van der Waals surface area contributed by atoms with E-state index in [4.69, 9.17) is 28.8 Å². The highest BCUT2D eigenvalue weighted by Crippen LogP contribution is 2.33. The zero-order valence-corrected chi connectivity index (χ0v) is 16.0. The summed E-state index contributed by atoms with van der Waals surface area (Å²) in [5, 5.41) is 8.58. The minimum Gasteiger partial charge on any atom is -0.462 e. The molecule has 0 fully saturated rings. The van der Waals surface area contributed by atoms with Gasteiger partial charge in [0.2, 0.25) is 13.6 Å². The Hall–Kier alpha value is -3.45. The normalized spacial score (nSPS) is 13.4. The molecule has 2 aliphatic rings. The first-order valence-electron chi connectivity index (χ1n) is 9.02. The molecule has 0 saturated carbocycles. The second-order valence-electron chi connectivity index (χ2n) is 6.02. The van der Waals surface area contributed by atoms with Crippen molar-refractivity contribution < 1.29 is 33.6 Å². The summed E-state index contributed by atoms with van der Waals surface area (Å²) < 4.78 is 25.6. The van der Waals surface area contributed by atoms with Crippen LogP contribution in [0.2, 0.25) is 0 Å². The van der Waals surface area contributed by atoms with Gasteiger partial charge in [0, 0.05) is 6.92 Å². The number of benzene rings is 2. The molecule has 0 radical (unpaired) electrons. The molecule has 29 heavy (non-hydrogen) atoms. The predicted molar refractivity (Wildman–Crippen MR) is 107 cm³/mol. The molecule has 0 aliphatic carbocycles. The topological polar surface area (TPSA) is 83.5 Å². The molecule has 4 rings (SSSR count). The number of hydrogen-bond acceptors (Lipinski definition) is 7. The Bertz CT molecular complexity index is 902.